The molecule has 194 valence electrons. The number of nitrogens with zero attached hydrogens (tertiary/aromatic N) is 3. The first-order valence-corrected chi connectivity index (χ1v) is 12.4. The van der Waals surface area contributed by atoms with E-state index in [1.807, 2.05) is 35.2 Å². The lowest BCUT2D eigenvalue weighted by Gasteiger charge is -2.29. The van der Waals surface area contributed by atoms with Crippen LogP contribution in [-0.4, -0.2) is 40.2 Å². The van der Waals surface area contributed by atoms with E-state index in [2.05, 4.69) is 4.90 Å². The molecular weight excluding hydrogens is 483 g/mol. The Morgan fingerprint density at radius 3 is 2.35 bits per heavy atom. The van der Waals surface area contributed by atoms with Crippen molar-refractivity contribution in [1.82, 2.24) is 9.47 Å². The normalized spacial score (nSPS) is 18.1. The highest BCUT2D eigenvalue weighted by Gasteiger charge is 2.38. The summed E-state index contributed by atoms with van der Waals surface area (Å²) in [6, 6.07) is 14.8. The summed E-state index contributed by atoms with van der Waals surface area (Å²) in [6.45, 7) is 2.45. The number of carboxylic acid groups (broad SMARTS) is 1. The van der Waals surface area contributed by atoms with E-state index < -0.39 is 29.3 Å². The second-order valence-electron chi connectivity index (χ2n) is 9.71. The van der Waals surface area contributed by atoms with Crippen molar-refractivity contribution in [3.05, 3.63) is 87.7 Å². The van der Waals surface area contributed by atoms with E-state index in [1.165, 1.54) is 16.7 Å². The standard InChI is InChI=1S/C28H28F3N3O3/c29-28(30,31)22-11-7-10-20(14-22)25-21(17-32-12-5-2-6-13-32)15-24(35)34-23(27(36)37)18-33(26(25)34)16-19-8-3-1-4-9-19/h1,3-4,7-11,14-15,23H,2,5-6,12-13,16-18H2,(H,36,37). The smallest absolute Gasteiger partial charge is 0.416 e. The van der Waals surface area contributed by atoms with E-state index in [0.717, 1.165) is 50.0 Å². The first-order chi connectivity index (χ1) is 17.7. The van der Waals surface area contributed by atoms with Crippen molar-refractivity contribution in [2.75, 3.05) is 24.5 Å². The third-order valence-corrected chi connectivity index (χ3v) is 7.14. The lowest BCUT2D eigenvalue weighted by molar-refractivity contribution is -0.140. The number of hydrogen-bond donors (Lipinski definition) is 1. The van der Waals surface area contributed by atoms with Gasteiger partial charge in [-0.2, -0.15) is 13.2 Å². The number of benzene rings is 2. The highest BCUT2D eigenvalue weighted by molar-refractivity contribution is 5.84. The van der Waals surface area contributed by atoms with Gasteiger partial charge >= 0.3 is 12.1 Å². The highest BCUT2D eigenvalue weighted by atomic mass is 19.4. The van der Waals surface area contributed by atoms with Crippen molar-refractivity contribution in [1.29, 1.82) is 0 Å². The summed E-state index contributed by atoms with van der Waals surface area (Å²) in [5.74, 6) is -0.798. The van der Waals surface area contributed by atoms with Crippen LogP contribution in [0.25, 0.3) is 11.1 Å². The van der Waals surface area contributed by atoms with Crippen molar-refractivity contribution >= 4 is 11.8 Å². The van der Waals surface area contributed by atoms with Crippen LogP contribution in [0.4, 0.5) is 19.0 Å². The molecule has 2 aliphatic heterocycles. The van der Waals surface area contributed by atoms with Crippen LogP contribution in [-0.2, 0) is 24.1 Å². The van der Waals surface area contributed by atoms with Crippen LogP contribution in [0.3, 0.4) is 0 Å². The predicted molar refractivity (Wildman–Crippen MR) is 134 cm³/mol. The largest absolute Gasteiger partial charge is 0.480 e. The number of carboxylic acids is 1. The molecule has 0 radical (unpaired) electrons. The van der Waals surface area contributed by atoms with Crippen LogP contribution in [0.5, 0.6) is 0 Å². The van der Waals surface area contributed by atoms with Crippen LogP contribution in [0, 0.1) is 0 Å². The maximum absolute atomic E-state index is 13.7. The molecule has 0 spiro atoms. The lowest BCUT2D eigenvalue weighted by atomic mass is 9.97. The number of likely N-dealkylation sites (tertiary alicyclic amines) is 1. The highest BCUT2D eigenvalue weighted by Crippen LogP contribution is 2.42. The summed E-state index contributed by atoms with van der Waals surface area (Å²) in [4.78, 5) is 29.6. The number of aliphatic carboxylic acids is 1. The van der Waals surface area contributed by atoms with Crippen molar-refractivity contribution in [2.45, 2.75) is 44.6 Å². The van der Waals surface area contributed by atoms with Crippen molar-refractivity contribution in [3.63, 3.8) is 0 Å². The molecule has 5 rings (SSSR count). The van der Waals surface area contributed by atoms with Gasteiger partial charge in [0.1, 0.15) is 5.82 Å². The van der Waals surface area contributed by atoms with Gasteiger partial charge in [-0.15, -0.1) is 0 Å². The number of pyridine rings is 1. The van der Waals surface area contributed by atoms with E-state index in [0.29, 0.717) is 35.6 Å². The number of fused-ring (bicyclic) bond motifs is 1. The summed E-state index contributed by atoms with van der Waals surface area (Å²) in [5.41, 5.74) is 1.07. The number of carbonyl (C=O) groups is 1. The average Bonchev–Trinajstić information content (AvgIpc) is 3.25. The van der Waals surface area contributed by atoms with Crippen molar-refractivity contribution < 1.29 is 23.1 Å². The number of aromatic nitrogens is 1. The van der Waals surface area contributed by atoms with Crippen LogP contribution < -0.4 is 10.5 Å². The molecule has 0 saturated carbocycles. The molecule has 37 heavy (non-hydrogen) atoms. The number of rotatable bonds is 6. The fraction of sp³-hybridized carbons (Fsp3) is 0.357. The Balaban J connectivity index is 1.72. The van der Waals surface area contributed by atoms with Gasteiger partial charge in [0.25, 0.3) is 5.56 Å². The molecule has 6 nitrogen and oxygen atoms in total. The third kappa shape index (κ3) is 5.13. The van der Waals surface area contributed by atoms with Gasteiger partial charge in [0.05, 0.1) is 12.1 Å². The molecule has 0 aliphatic carbocycles. The van der Waals surface area contributed by atoms with E-state index >= 15 is 0 Å². The molecule has 1 aromatic heterocycles. The summed E-state index contributed by atoms with van der Waals surface area (Å²) < 4.78 is 42.3. The minimum atomic E-state index is -4.54. The number of alkyl halides is 3. The minimum absolute atomic E-state index is 0.0403. The molecule has 1 N–H and O–H groups in total. The van der Waals surface area contributed by atoms with Gasteiger partial charge < -0.3 is 10.0 Å². The Labute approximate surface area is 212 Å². The van der Waals surface area contributed by atoms with Crippen LogP contribution >= 0.6 is 0 Å². The fourth-order valence-electron chi connectivity index (χ4n) is 5.43. The maximum Gasteiger partial charge on any atom is 0.416 e. The first kappa shape index (κ1) is 25.1. The van der Waals surface area contributed by atoms with Gasteiger partial charge in [-0.25, -0.2) is 4.79 Å². The van der Waals surface area contributed by atoms with E-state index in [9.17, 15) is 27.9 Å². The summed E-state index contributed by atoms with van der Waals surface area (Å²) in [5, 5.41) is 9.97. The lowest BCUT2D eigenvalue weighted by Crippen LogP contribution is -2.31. The second kappa shape index (κ2) is 10.0. The van der Waals surface area contributed by atoms with Crippen LogP contribution in [0.15, 0.2) is 65.5 Å². The molecule has 1 atom stereocenters. The molecule has 0 amide bonds. The van der Waals surface area contributed by atoms with E-state index in [1.54, 1.807) is 6.07 Å². The van der Waals surface area contributed by atoms with Crippen molar-refractivity contribution in [2.24, 2.45) is 0 Å². The van der Waals surface area contributed by atoms with Gasteiger partial charge in [0, 0.05) is 24.7 Å². The predicted octanol–water partition coefficient (Wildman–Crippen LogP) is 5.17. The summed E-state index contributed by atoms with van der Waals surface area (Å²) >= 11 is 0. The Morgan fingerprint density at radius 1 is 0.946 bits per heavy atom. The summed E-state index contributed by atoms with van der Waals surface area (Å²) in [6.07, 6.45) is -1.38. The third-order valence-electron chi connectivity index (χ3n) is 7.14. The van der Waals surface area contributed by atoms with Crippen molar-refractivity contribution in [3.8, 4) is 11.1 Å². The molecular formula is C28H28F3N3O3. The molecule has 2 aliphatic rings. The number of anilines is 1. The Bertz CT molecular complexity index is 1350. The minimum Gasteiger partial charge on any atom is -0.480 e. The maximum atomic E-state index is 13.7. The number of halogens is 3. The quantitative estimate of drug-likeness (QED) is 0.495. The van der Waals surface area contributed by atoms with Crippen LogP contribution in [0.2, 0.25) is 0 Å². The molecule has 1 saturated heterocycles. The molecule has 3 aromatic rings. The Kier molecular flexibility index (Phi) is 6.81. The van der Waals surface area contributed by atoms with Gasteiger partial charge in [0.15, 0.2) is 6.04 Å². The van der Waals surface area contributed by atoms with Gasteiger partial charge in [-0.05, 0) is 54.8 Å². The topological polar surface area (TPSA) is 65.8 Å². The first-order valence-electron chi connectivity index (χ1n) is 12.4. The zero-order valence-corrected chi connectivity index (χ0v) is 20.2. The summed E-state index contributed by atoms with van der Waals surface area (Å²) in [7, 11) is 0. The molecule has 9 heteroatoms. The number of piperidine rings is 1. The zero-order chi connectivity index (χ0) is 26.2. The molecule has 1 unspecified atom stereocenters. The van der Waals surface area contributed by atoms with Gasteiger partial charge in [-0.1, -0.05) is 48.9 Å². The van der Waals surface area contributed by atoms with E-state index in [4.69, 9.17) is 0 Å². The molecule has 1 fully saturated rings. The average molecular weight is 512 g/mol. The monoisotopic (exact) mass is 511 g/mol. The van der Waals surface area contributed by atoms with Gasteiger partial charge in [-0.3, -0.25) is 14.3 Å². The zero-order valence-electron chi connectivity index (χ0n) is 20.2. The Hall–Kier alpha value is -3.59. The molecule has 2 aromatic carbocycles. The molecule has 3 heterocycles. The molecule has 0 bridgehead atoms. The second-order valence-corrected chi connectivity index (χ2v) is 9.71. The van der Waals surface area contributed by atoms with E-state index in [-0.39, 0.29) is 6.54 Å². The number of hydrogen-bond acceptors (Lipinski definition) is 4. The Morgan fingerprint density at radius 2 is 1.68 bits per heavy atom. The fourth-order valence-corrected chi connectivity index (χ4v) is 5.43. The van der Waals surface area contributed by atoms with Gasteiger partial charge in [0.2, 0.25) is 0 Å². The van der Waals surface area contributed by atoms with Crippen LogP contribution in [0.1, 0.15) is 42.0 Å². The SMILES string of the molecule is O=C(O)C1CN(Cc2ccccc2)c2c(-c3cccc(C(F)(F)F)c3)c(CN3CCCCC3)cc(=O)n21.